The topological polar surface area (TPSA) is 77.0 Å². The van der Waals surface area contributed by atoms with Gasteiger partial charge in [-0.1, -0.05) is 12.1 Å². The number of amides is 1. The molecule has 0 unspecified atom stereocenters. The van der Waals surface area contributed by atoms with Crippen molar-refractivity contribution >= 4 is 29.5 Å². The third kappa shape index (κ3) is 3.92. The second kappa shape index (κ2) is 7.00. The molecule has 1 heterocycles. The number of esters is 1. The first kappa shape index (κ1) is 16.4. The Morgan fingerprint density at radius 2 is 1.80 bits per heavy atom. The molecule has 6 heteroatoms. The average molecular weight is 336 g/mol. The number of nitrogens with one attached hydrogen (secondary N) is 1. The van der Waals surface area contributed by atoms with Crippen LogP contribution in [-0.4, -0.2) is 24.9 Å². The largest absolute Gasteiger partial charge is 0.497 e. The molecule has 3 rings (SSSR count). The molecule has 1 amide bonds. The summed E-state index contributed by atoms with van der Waals surface area (Å²) in [5.41, 5.74) is 2.36. The van der Waals surface area contributed by atoms with Crippen LogP contribution in [0.4, 0.5) is 5.69 Å². The Bertz CT molecular complexity index is 865. The van der Waals surface area contributed by atoms with Crippen LogP contribution in [0.25, 0.3) is 6.08 Å². The monoisotopic (exact) mass is 336 g/mol. The summed E-state index contributed by atoms with van der Waals surface area (Å²) < 4.78 is 10.3. The molecule has 0 saturated heterocycles. The highest BCUT2D eigenvalue weighted by atomic mass is 16.6. The van der Waals surface area contributed by atoms with E-state index in [0.29, 0.717) is 11.3 Å². The van der Waals surface area contributed by atoms with Crippen molar-refractivity contribution in [2.24, 2.45) is 4.99 Å². The first-order valence-corrected chi connectivity index (χ1v) is 7.60. The lowest BCUT2D eigenvalue weighted by Gasteiger charge is -2.03. The minimum atomic E-state index is -0.503. The summed E-state index contributed by atoms with van der Waals surface area (Å²) in [6.07, 6.45) is 1.65. The van der Waals surface area contributed by atoms with Crippen LogP contribution < -0.4 is 10.1 Å². The standard InChI is InChI=1S/C19H16N2O4/c1-12(22)20-15-7-5-14(6-8-15)18-21-17(19(23)25-18)11-13-3-9-16(24-2)10-4-13/h3-11H,1-2H3,(H,20,22)/b17-11+. The maximum atomic E-state index is 12.0. The Balaban J connectivity index is 1.81. The van der Waals surface area contributed by atoms with E-state index in [1.165, 1.54) is 6.92 Å². The Hall–Kier alpha value is -3.41. The molecule has 126 valence electrons. The van der Waals surface area contributed by atoms with Gasteiger partial charge >= 0.3 is 5.97 Å². The minimum Gasteiger partial charge on any atom is -0.497 e. The van der Waals surface area contributed by atoms with Gasteiger partial charge in [-0.05, 0) is 48.0 Å². The average Bonchev–Trinajstić information content (AvgIpc) is 2.96. The predicted octanol–water partition coefficient (Wildman–Crippen LogP) is 3.00. The van der Waals surface area contributed by atoms with Gasteiger partial charge in [0.1, 0.15) is 5.75 Å². The molecule has 2 aromatic carbocycles. The predicted molar refractivity (Wildman–Crippen MR) is 94.3 cm³/mol. The maximum absolute atomic E-state index is 12.0. The van der Waals surface area contributed by atoms with Gasteiger partial charge < -0.3 is 14.8 Å². The van der Waals surface area contributed by atoms with Gasteiger partial charge in [0.25, 0.3) is 0 Å². The highest BCUT2D eigenvalue weighted by molar-refractivity contribution is 6.13. The van der Waals surface area contributed by atoms with Gasteiger partial charge in [-0.15, -0.1) is 0 Å². The van der Waals surface area contributed by atoms with Crippen molar-refractivity contribution in [2.45, 2.75) is 6.92 Å². The molecule has 0 spiro atoms. The van der Waals surface area contributed by atoms with Gasteiger partial charge in [-0.3, -0.25) is 4.79 Å². The molecule has 0 aliphatic carbocycles. The summed E-state index contributed by atoms with van der Waals surface area (Å²) in [4.78, 5) is 27.3. The van der Waals surface area contributed by atoms with Crippen LogP contribution in [0.5, 0.6) is 5.75 Å². The Kier molecular flexibility index (Phi) is 4.61. The Labute approximate surface area is 144 Å². The lowest BCUT2D eigenvalue weighted by atomic mass is 10.2. The van der Waals surface area contributed by atoms with Crippen LogP contribution in [-0.2, 0) is 14.3 Å². The SMILES string of the molecule is COc1ccc(/C=C2/N=C(c3ccc(NC(C)=O)cc3)OC2=O)cc1. The van der Waals surface area contributed by atoms with Crippen LogP contribution in [0.1, 0.15) is 18.1 Å². The third-order valence-electron chi connectivity index (χ3n) is 3.49. The van der Waals surface area contributed by atoms with E-state index in [1.807, 2.05) is 12.1 Å². The van der Waals surface area contributed by atoms with E-state index < -0.39 is 5.97 Å². The number of benzene rings is 2. The van der Waals surface area contributed by atoms with Crippen molar-refractivity contribution in [1.82, 2.24) is 0 Å². The molecule has 2 aromatic rings. The van der Waals surface area contributed by atoms with Crippen molar-refractivity contribution < 1.29 is 19.1 Å². The zero-order valence-electron chi connectivity index (χ0n) is 13.8. The zero-order valence-corrected chi connectivity index (χ0v) is 13.8. The summed E-state index contributed by atoms with van der Waals surface area (Å²) in [5.74, 6) is 0.317. The first-order valence-electron chi connectivity index (χ1n) is 7.60. The molecule has 25 heavy (non-hydrogen) atoms. The normalized spacial score (nSPS) is 14.9. The Morgan fingerprint density at radius 1 is 1.12 bits per heavy atom. The number of hydrogen-bond acceptors (Lipinski definition) is 5. The molecule has 0 bridgehead atoms. The van der Waals surface area contributed by atoms with E-state index in [2.05, 4.69) is 10.3 Å². The molecule has 0 atom stereocenters. The van der Waals surface area contributed by atoms with Crippen LogP contribution in [0.15, 0.2) is 59.2 Å². The second-order valence-corrected chi connectivity index (χ2v) is 5.37. The Morgan fingerprint density at radius 3 is 2.40 bits per heavy atom. The molecule has 1 aliphatic heterocycles. The minimum absolute atomic E-state index is 0.151. The van der Waals surface area contributed by atoms with E-state index in [-0.39, 0.29) is 17.5 Å². The fourth-order valence-corrected chi connectivity index (χ4v) is 2.29. The van der Waals surface area contributed by atoms with Gasteiger partial charge in [0.05, 0.1) is 7.11 Å². The van der Waals surface area contributed by atoms with Crippen LogP contribution in [0.2, 0.25) is 0 Å². The third-order valence-corrected chi connectivity index (χ3v) is 3.49. The van der Waals surface area contributed by atoms with E-state index in [0.717, 1.165) is 11.3 Å². The van der Waals surface area contributed by atoms with Crippen LogP contribution in [0, 0.1) is 0 Å². The van der Waals surface area contributed by atoms with Gasteiger partial charge in [0.15, 0.2) is 5.70 Å². The number of rotatable bonds is 4. The molecule has 0 saturated carbocycles. The number of aliphatic imine (C=N–C) groups is 1. The summed E-state index contributed by atoms with van der Waals surface area (Å²) >= 11 is 0. The van der Waals surface area contributed by atoms with E-state index in [4.69, 9.17) is 9.47 Å². The number of carbonyl (C=O) groups is 2. The molecule has 0 fully saturated rings. The van der Waals surface area contributed by atoms with Crippen molar-refractivity contribution in [3.05, 3.63) is 65.4 Å². The van der Waals surface area contributed by atoms with Crippen LogP contribution >= 0.6 is 0 Å². The summed E-state index contributed by atoms with van der Waals surface area (Å²) in [6, 6.07) is 14.2. The number of carbonyl (C=O) groups excluding carboxylic acids is 2. The summed E-state index contributed by atoms with van der Waals surface area (Å²) in [5, 5.41) is 2.67. The first-order chi connectivity index (χ1) is 12.0. The smallest absolute Gasteiger partial charge is 0.363 e. The lowest BCUT2D eigenvalue weighted by Crippen LogP contribution is -2.07. The van der Waals surface area contributed by atoms with E-state index in [9.17, 15) is 9.59 Å². The van der Waals surface area contributed by atoms with Gasteiger partial charge in [0.2, 0.25) is 11.8 Å². The van der Waals surface area contributed by atoms with Crippen molar-refractivity contribution in [2.75, 3.05) is 12.4 Å². The second-order valence-electron chi connectivity index (χ2n) is 5.37. The molecular formula is C19H16N2O4. The number of nitrogens with zero attached hydrogens (tertiary/aromatic N) is 1. The zero-order chi connectivity index (χ0) is 17.8. The van der Waals surface area contributed by atoms with Crippen molar-refractivity contribution in [1.29, 1.82) is 0 Å². The molecule has 0 radical (unpaired) electrons. The fraction of sp³-hybridized carbons (Fsp3) is 0.105. The molecule has 0 aromatic heterocycles. The molecule has 6 nitrogen and oxygen atoms in total. The number of ether oxygens (including phenoxy) is 2. The number of hydrogen-bond donors (Lipinski definition) is 1. The number of anilines is 1. The van der Waals surface area contributed by atoms with E-state index in [1.54, 1.807) is 49.6 Å². The highest BCUT2D eigenvalue weighted by Gasteiger charge is 2.24. The van der Waals surface area contributed by atoms with Gasteiger partial charge in [-0.25, -0.2) is 9.79 Å². The van der Waals surface area contributed by atoms with E-state index >= 15 is 0 Å². The molecule has 1 N–H and O–H groups in total. The van der Waals surface area contributed by atoms with Gasteiger partial charge in [0, 0.05) is 18.2 Å². The molecule has 1 aliphatic rings. The fourth-order valence-electron chi connectivity index (χ4n) is 2.29. The quantitative estimate of drug-likeness (QED) is 0.688. The van der Waals surface area contributed by atoms with Gasteiger partial charge in [-0.2, -0.15) is 0 Å². The summed E-state index contributed by atoms with van der Waals surface area (Å²) in [6.45, 7) is 1.44. The van der Waals surface area contributed by atoms with Crippen molar-refractivity contribution in [3.8, 4) is 5.75 Å². The van der Waals surface area contributed by atoms with Crippen molar-refractivity contribution in [3.63, 3.8) is 0 Å². The number of cyclic esters (lactones) is 1. The highest BCUT2D eigenvalue weighted by Crippen LogP contribution is 2.21. The lowest BCUT2D eigenvalue weighted by molar-refractivity contribution is -0.129. The summed E-state index contributed by atoms with van der Waals surface area (Å²) in [7, 11) is 1.59. The molecular weight excluding hydrogens is 320 g/mol. The van der Waals surface area contributed by atoms with Crippen LogP contribution in [0.3, 0.4) is 0 Å². The number of methoxy groups -OCH3 is 1. The maximum Gasteiger partial charge on any atom is 0.363 e.